The average Bonchev–Trinajstić information content (AvgIpc) is 2.53. The summed E-state index contributed by atoms with van der Waals surface area (Å²) in [5.41, 5.74) is 1.72. The fourth-order valence-electron chi connectivity index (χ4n) is 1.46. The summed E-state index contributed by atoms with van der Waals surface area (Å²) in [7, 11) is 0. The Bertz CT molecular complexity index is 590. The van der Waals surface area contributed by atoms with Gasteiger partial charge >= 0.3 is 17.1 Å². The van der Waals surface area contributed by atoms with Gasteiger partial charge in [-0.15, -0.1) is 0 Å². The van der Waals surface area contributed by atoms with Crippen LogP contribution in [-0.2, 0) is 26.7 Å². The Labute approximate surface area is 145 Å². The van der Waals surface area contributed by atoms with E-state index in [1.807, 2.05) is 60.7 Å². The molecular weight excluding hydrogens is 344 g/mol. The van der Waals surface area contributed by atoms with Gasteiger partial charge in [-0.2, -0.15) is 0 Å². The summed E-state index contributed by atoms with van der Waals surface area (Å²) in [6.07, 6.45) is 5.01. The van der Waals surface area contributed by atoms with E-state index < -0.39 is 11.9 Å². The Balaban J connectivity index is 0.000000403. The first-order valence-electron chi connectivity index (χ1n) is 6.46. The van der Waals surface area contributed by atoms with Crippen LogP contribution in [0.2, 0.25) is 0 Å². The molecule has 2 aromatic rings. The number of hydrogen-bond acceptors (Lipinski definition) is 4. The van der Waals surface area contributed by atoms with Crippen molar-refractivity contribution in [3.05, 3.63) is 83.9 Å². The summed E-state index contributed by atoms with van der Waals surface area (Å²) in [5, 5.41) is 19.9. The van der Waals surface area contributed by atoms with Crippen LogP contribution in [0.15, 0.2) is 72.8 Å². The van der Waals surface area contributed by atoms with Crippen LogP contribution < -0.4 is 10.2 Å². The monoisotopic (exact) mass is 357 g/mol. The zero-order chi connectivity index (χ0) is 16.2. The van der Waals surface area contributed by atoms with E-state index in [0.29, 0.717) is 0 Å². The molecule has 0 aliphatic rings. The van der Waals surface area contributed by atoms with Crippen molar-refractivity contribution < 1.29 is 36.9 Å². The van der Waals surface area contributed by atoms with Crippen LogP contribution in [0, 0.1) is 0 Å². The fraction of sp³-hybridized carbons (Fsp3) is 0. The summed E-state index contributed by atoms with van der Waals surface area (Å²) in [4.78, 5) is 19.9. The quantitative estimate of drug-likeness (QED) is 0.601. The van der Waals surface area contributed by atoms with Crippen molar-refractivity contribution in [3.8, 4) is 0 Å². The van der Waals surface area contributed by atoms with Crippen LogP contribution in [0.4, 0.5) is 0 Å². The third-order valence-electron chi connectivity index (χ3n) is 2.42. The van der Waals surface area contributed by atoms with Crippen molar-refractivity contribution >= 4 is 24.1 Å². The summed E-state index contributed by atoms with van der Waals surface area (Å²) in [5.74, 6) is -2.34. The normalized spacial score (nSPS) is 9.74. The second-order valence-corrected chi connectivity index (χ2v) is 4.13. The van der Waals surface area contributed by atoms with Crippen LogP contribution in [0.25, 0.3) is 12.2 Å². The molecule has 0 saturated carbocycles. The summed E-state index contributed by atoms with van der Waals surface area (Å²) < 4.78 is 0. The third kappa shape index (κ3) is 10.7. The maximum absolute atomic E-state index is 9.97. The number of carboxylic acids is 2. The molecule has 0 amide bonds. The number of hydrogen-bond donors (Lipinski definition) is 0. The van der Waals surface area contributed by atoms with Gasteiger partial charge in [-0.25, -0.2) is 0 Å². The molecule has 2 aromatic carbocycles. The number of carbonyl (C=O) groups excluding carboxylic acids is 2. The molecule has 1 radical (unpaired) electrons. The first kappa shape index (κ1) is 20.4. The number of rotatable bonds is 4. The van der Waals surface area contributed by atoms with Gasteiger partial charge in [-0.1, -0.05) is 72.8 Å². The van der Waals surface area contributed by atoms with E-state index in [-0.39, 0.29) is 17.1 Å². The molecule has 0 saturated heterocycles. The molecular formula is C18H14CuO4. The minimum absolute atomic E-state index is 0. The molecule has 0 spiro atoms. The van der Waals surface area contributed by atoms with Crippen molar-refractivity contribution in [3.63, 3.8) is 0 Å². The van der Waals surface area contributed by atoms with E-state index in [4.69, 9.17) is 0 Å². The smallest absolute Gasteiger partial charge is 0.545 e. The summed E-state index contributed by atoms with van der Waals surface area (Å²) in [6, 6.07) is 18.4. The van der Waals surface area contributed by atoms with E-state index in [2.05, 4.69) is 0 Å². The van der Waals surface area contributed by atoms with E-state index in [1.54, 1.807) is 0 Å². The molecule has 0 aliphatic carbocycles. The third-order valence-corrected chi connectivity index (χ3v) is 2.42. The molecule has 0 fully saturated rings. The van der Waals surface area contributed by atoms with Gasteiger partial charge in [0.2, 0.25) is 0 Å². The van der Waals surface area contributed by atoms with Gasteiger partial charge in [0, 0.05) is 0 Å². The first-order chi connectivity index (χ1) is 10.6. The van der Waals surface area contributed by atoms with E-state index >= 15 is 0 Å². The number of carboxylic acid groups (broad SMARTS) is 2. The molecule has 5 heteroatoms. The standard InChI is InChI=1S/2C9H8O2.Cu/c2*10-9(11)7-6-8-4-2-1-3-5-8;/h2*1-7H,(H,10,11);/q;;+2/p-2. The second-order valence-electron chi connectivity index (χ2n) is 4.13. The number of aliphatic carboxylic acids is 2. The first-order valence-corrected chi connectivity index (χ1v) is 6.46. The molecule has 0 atom stereocenters. The van der Waals surface area contributed by atoms with Gasteiger partial charge in [0.05, 0.1) is 11.9 Å². The van der Waals surface area contributed by atoms with Crippen LogP contribution in [0.3, 0.4) is 0 Å². The van der Waals surface area contributed by atoms with Crippen molar-refractivity contribution in [2.75, 3.05) is 0 Å². The zero-order valence-corrected chi connectivity index (χ0v) is 13.0. The van der Waals surface area contributed by atoms with Gasteiger partial charge in [0.1, 0.15) is 0 Å². The summed E-state index contributed by atoms with van der Waals surface area (Å²) >= 11 is 0. The van der Waals surface area contributed by atoms with E-state index in [0.717, 1.165) is 23.3 Å². The van der Waals surface area contributed by atoms with Crippen molar-refractivity contribution in [1.82, 2.24) is 0 Å². The van der Waals surface area contributed by atoms with Crippen molar-refractivity contribution in [1.29, 1.82) is 0 Å². The maximum Gasteiger partial charge on any atom is 2.00 e. The Morgan fingerprint density at radius 1 is 0.652 bits per heavy atom. The number of benzene rings is 2. The molecule has 2 rings (SSSR count). The predicted octanol–water partition coefficient (Wildman–Crippen LogP) is 0.897. The fourth-order valence-corrected chi connectivity index (χ4v) is 1.46. The Hall–Kier alpha value is -2.62. The average molecular weight is 358 g/mol. The van der Waals surface area contributed by atoms with Gasteiger partial charge in [0.15, 0.2) is 0 Å². The SMILES string of the molecule is O=C([O-])C=Cc1ccccc1.O=C([O-])C=Cc1ccccc1.[Cu+2]. The molecule has 0 aliphatic heterocycles. The van der Waals surface area contributed by atoms with Crippen LogP contribution in [0.1, 0.15) is 11.1 Å². The number of carbonyl (C=O) groups is 2. The maximum atomic E-state index is 9.97. The largest absolute Gasteiger partial charge is 2.00 e. The molecule has 4 nitrogen and oxygen atoms in total. The molecule has 0 N–H and O–H groups in total. The molecule has 0 aromatic heterocycles. The van der Waals surface area contributed by atoms with Gasteiger partial charge in [-0.3, -0.25) is 0 Å². The molecule has 0 heterocycles. The molecule has 121 valence electrons. The zero-order valence-electron chi connectivity index (χ0n) is 12.0. The van der Waals surface area contributed by atoms with Gasteiger partial charge < -0.3 is 19.8 Å². The van der Waals surface area contributed by atoms with Crippen molar-refractivity contribution in [2.45, 2.75) is 0 Å². The topological polar surface area (TPSA) is 80.3 Å². The van der Waals surface area contributed by atoms with Crippen LogP contribution in [-0.4, -0.2) is 11.9 Å². The van der Waals surface area contributed by atoms with Gasteiger partial charge in [-0.05, 0) is 23.3 Å². The molecule has 0 bridgehead atoms. The Kier molecular flexibility index (Phi) is 10.6. The van der Waals surface area contributed by atoms with E-state index in [1.165, 1.54) is 12.2 Å². The van der Waals surface area contributed by atoms with Gasteiger partial charge in [0.25, 0.3) is 0 Å². The van der Waals surface area contributed by atoms with Crippen LogP contribution >= 0.6 is 0 Å². The predicted molar refractivity (Wildman–Crippen MR) is 81.0 cm³/mol. The minimum atomic E-state index is -1.17. The van der Waals surface area contributed by atoms with Crippen LogP contribution in [0.5, 0.6) is 0 Å². The summed E-state index contributed by atoms with van der Waals surface area (Å²) in [6.45, 7) is 0. The second kappa shape index (κ2) is 12.0. The Morgan fingerprint density at radius 2 is 0.957 bits per heavy atom. The minimum Gasteiger partial charge on any atom is -0.545 e. The van der Waals surface area contributed by atoms with Crippen molar-refractivity contribution in [2.24, 2.45) is 0 Å². The Morgan fingerprint density at radius 3 is 1.22 bits per heavy atom. The molecule has 0 unspecified atom stereocenters. The molecule has 23 heavy (non-hydrogen) atoms. The van der Waals surface area contributed by atoms with E-state index in [9.17, 15) is 19.8 Å².